The first-order valence-electron chi connectivity index (χ1n) is 5.16. The Morgan fingerprint density at radius 2 is 2.19 bits per heavy atom. The molecule has 0 fully saturated rings. The molecule has 0 bridgehead atoms. The van der Waals surface area contributed by atoms with Crippen LogP contribution in [-0.2, 0) is 0 Å². The van der Waals surface area contributed by atoms with E-state index in [-0.39, 0.29) is 11.5 Å². The number of hydrogen-bond donors (Lipinski definition) is 2. The second-order valence-corrected chi connectivity index (χ2v) is 4.00. The van der Waals surface area contributed by atoms with Gasteiger partial charge in [-0.1, -0.05) is 13.8 Å². The van der Waals surface area contributed by atoms with Crippen LogP contribution in [0.2, 0.25) is 0 Å². The van der Waals surface area contributed by atoms with Crippen LogP contribution in [0.15, 0.2) is 18.2 Å². The molecule has 0 spiro atoms. The molecule has 1 unspecified atom stereocenters. The third-order valence-electron chi connectivity index (χ3n) is 2.37. The fraction of sp³-hybridized carbons (Fsp3) is 0.417. The summed E-state index contributed by atoms with van der Waals surface area (Å²) in [6.45, 7) is 4.07. The van der Waals surface area contributed by atoms with E-state index >= 15 is 0 Å². The zero-order chi connectivity index (χ0) is 12.1. The number of aliphatic hydroxyl groups excluding tert-OH is 1. The maximum absolute atomic E-state index is 13.4. The van der Waals surface area contributed by atoms with Crippen LogP contribution in [0.4, 0.5) is 10.1 Å². The molecule has 1 aromatic rings. The predicted octanol–water partition coefficient (Wildman–Crippen LogP) is 2.13. The Balaban J connectivity index is 2.65. The lowest BCUT2D eigenvalue weighted by atomic mass is 10.1. The Kier molecular flexibility index (Phi) is 4.27. The quantitative estimate of drug-likeness (QED) is 0.820. The van der Waals surface area contributed by atoms with Crippen molar-refractivity contribution in [2.75, 3.05) is 11.9 Å². The standard InChI is InChI=1S/C12H15FN2O/c1-8(2)12(16)7-15-11-4-3-9(6-14)5-10(11)13/h3-5,8,12,15-16H,7H2,1-2H3. The molecule has 1 atom stereocenters. The SMILES string of the molecule is CC(C)C(O)CNc1ccc(C#N)cc1F. The Hall–Kier alpha value is -1.60. The molecule has 0 aliphatic carbocycles. The first kappa shape index (κ1) is 12.5. The van der Waals surface area contributed by atoms with Gasteiger partial charge in [-0.15, -0.1) is 0 Å². The van der Waals surface area contributed by atoms with E-state index in [0.29, 0.717) is 12.2 Å². The summed E-state index contributed by atoms with van der Waals surface area (Å²) < 4.78 is 13.4. The molecule has 0 aliphatic rings. The lowest BCUT2D eigenvalue weighted by Crippen LogP contribution is -2.25. The number of nitrogens with zero attached hydrogens (tertiary/aromatic N) is 1. The molecule has 0 aromatic heterocycles. The van der Waals surface area contributed by atoms with Crippen LogP contribution in [0, 0.1) is 23.1 Å². The Morgan fingerprint density at radius 1 is 1.50 bits per heavy atom. The van der Waals surface area contributed by atoms with Crippen LogP contribution in [0.25, 0.3) is 0 Å². The maximum atomic E-state index is 13.4. The fourth-order valence-electron chi connectivity index (χ4n) is 1.18. The Labute approximate surface area is 94.5 Å². The molecule has 2 N–H and O–H groups in total. The van der Waals surface area contributed by atoms with Crippen LogP contribution in [0.5, 0.6) is 0 Å². The monoisotopic (exact) mass is 222 g/mol. The zero-order valence-electron chi connectivity index (χ0n) is 9.37. The van der Waals surface area contributed by atoms with Gasteiger partial charge in [0.05, 0.1) is 23.4 Å². The van der Waals surface area contributed by atoms with Crippen LogP contribution < -0.4 is 5.32 Å². The first-order chi connectivity index (χ1) is 7.54. The van der Waals surface area contributed by atoms with Crippen LogP contribution in [0.3, 0.4) is 0 Å². The molecule has 16 heavy (non-hydrogen) atoms. The third kappa shape index (κ3) is 3.21. The molecule has 0 saturated carbocycles. The predicted molar refractivity (Wildman–Crippen MR) is 60.4 cm³/mol. The normalized spacial score (nSPS) is 12.2. The van der Waals surface area contributed by atoms with Gasteiger partial charge in [-0.2, -0.15) is 5.26 Å². The summed E-state index contributed by atoms with van der Waals surface area (Å²) >= 11 is 0. The van der Waals surface area contributed by atoms with E-state index in [2.05, 4.69) is 5.32 Å². The van der Waals surface area contributed by atoms with E-state index in [1.54, 1.807) is 0 Å². The third-order valence-corrected chi connectivity index (χ3v) is 2.37. The van der Waals surface area contributed by atoms with Gasteiger partial charge in [0.25, 0.3) is 0 Å². The lowest BCUT2D eigenvalue weighted by Gasteiger charge is -2.16. The molecule has 0 heterocycles. The summed E-state index contributed by atoms with van der Waals surface area (Å²) in [6, 6.07) is 6.07. The van der Waals surface area contributed by atoms with E-state index in [1.807, 2.05) is 19.9 Å². The van der Waals surface area contributed by atoms with E-state index in [4.69, 9.17) is 5.26 Å². The highest BCUT2D eigenvalue weighted by molar-refractivity contribution is 5.48. The number of benzene rings is 1. The molecule has 4 heteroatoms. The molecule has 86 valence electrons. The van der Waals surface area contributed by atoms with Gasteiger partial charge in [-0.3, -0.25) is 0 Å². The number of hydrogen-bond acceptors (Lipinski definition) is 3. The van der Waals surface area contributed by atoms with Gasteiger partial charge < -0.3 is 10.4 Å². The van der Waals surface area contributed by atoms with E-state index < -0.39 is 11.9 Å². The molecule has 0 radical (unpaired) electrons. The summed E-state index contributed by atoms with van der Waals surface area (Å²) in [4.78, 5) is 0. The summed E-state index contributed by atoms with van der Waals surface area (Å²) in [6.07, 6.45) is -0.518. The number of halogens is 1. The van der Waals surface area contributed by atoms with Crippen LogP contribution in [0.1, 0.15) is 19.4 Å². The molecule has 3 nitrogen and oxygen atoms in total. The maximum Gasteiger partial charge on any atom is 0.147 e. The number of nitrogens with one attached hydrogen (secondary N) is 1. The van der Waals surface area contributed by atoms with Crippen molar-refractivity contribution in [2.24, 2.45) is 5.92 Å². The average molecular weight is 222 g/mol. The Morgan fingerprint density at radius 3 is 2.69 bits per heavy atom. The molecule has 0 saturated heterocycles. The summed E-state index contributed by atoms with van der Waals surface area (Å²) in [5, 5.41) is 20.9. The highest BCUT2D eigenvalue weighted by Crippen LogP contribution is 2.15. The lowest BCUT2D eigenvalue weighted by molar-refractivity contribution is 0.138. The zero-order valence-corrected chi connectivity index (χ0v) is 9.37. The van der Waals surface area contributed by atoms with Gasteiger partial charge in [0.1, 0.15) is 5.82 Å². The number of aliphatic hydroxyl groups is 1. The van der Waals surface area contributed by atoms with Gasteiger partial charge in [0.15, 0.2) is 0 Å². The first-order valence-corrected chi connectivity index (χ1v) is 5.16. The van der Waals surface area contributed by atoms with Crippen molar-refractivity contribution in [1.29, 1.82) is 5.26 Å². The van der Waals surface area contributed by atoms with Crippen molar-refractivity contribution < 1.29 is 9.50 Å². The van der Waals surface area contributed by atoms with Gasteiger partial charge in [-0.25, -0.2) is 4.39 Å². The minimum absolute atomic E-state index is 0.119. The van der Waals surface area contributed by atoms with Gasteiger partial charge >= 0.3 is 0 Å². The highest BCUT2D eigenvalue weighted by atomic mass is 19.1. The van der Waals surface area contributed by atoms with Gasteiger partial charge in [0.2, 0.25) is 0 Å². The summed E-state index contributed by atoms with van der Waals surface area (Å²) in [5.74, 6) is -0.357. The summed E-state index contributed by atoms with van der Waals surface area (Å²) in [5.41, 5.74) is 0.589. The van der Waals surface area contributed by atoms with Crippen LogP contribution >= 0.6 is 0 Å². The molecule has 0 amide bonds. The van der Waals surface area contributed by atoms with Gasteiger partial charge in [-0.05, 0) is 24.1 Å². The average Bonchev–Trinajstić information content (AvgIpc) is 2.26. The molecule has 0 aliphatic heterocycles. The van der Waals surface area contributed by atoms with E-state index in [1.165, 1.54) is 18.2 Å². The molecular weight excluding hydrogens is 207 g/mol. The van der Waals surface area contributed by atoms with Gasteiger partial charge in [0, 0.05) is 6.54 Å². The van der Waals surface area contributed by atoms with E-state index in [0.717, 1.165) is 0 Å². The second kappa shape index (κ2) is 5.47. The topological polar surface area (TPSA) is 56.0 Å². The van der Waals surface area contributed by atoms with Crippen molar-refractivity contribution in [3.8, 4) is 6.07 Å². The fourth-order valence-corrected chi connectivity index (χ4v) is 1.18. The Bertz CT molecular complexity index is 398. The molecule has 1 aromatic carbocycles. The molecular formula is C12H15FN2O. The number of rotatable bonds is 4. The smallest absolute Gasteiger partial charge is 0.147 e. The second-order valence-electron chi connectivity index (χ2n) is 4.00. The van der Waals surface area contributed by atoms with Crippen molar-refractivity contribution in [3.05, 3.63) is 29.6 Å². The minimum atomic E-state index is -0.518. The van der Waals surface area contributed by atoms with E-state index in [9.17, 15) is 9.50 Å². The van der Waals surface area contributed by atoms with Crippen molar-refractivity contribution in [1.82, 2.24) is 0 Å². The molecule has 1 rings (SSSR count). The number of anilines is 1. The summed E-state index contributed by atoms with van der Waals surface area (Å²) in [7, 11) is 0. The van der Waals surface area contributed by atoms with Crippen molar-refractivity contribution in [3.63, 3.8) is 0 Å². The minimum Gasteiger partial charge on any atom is -0.391 e. The van der Waals surface area contributed by atoms with Crippen molar-refractivity contribution >= 4 is 5.69 Å². The van der Waals surface area contributed by atoms with Crippen molar-refractivity contribution in [2.45, 2.75) is 20.0 Å². The van der Waals surface area contributed by atoms with Crippen LogP contribution in [-0.4, -0.2) is 17.8 Å². The largest absolute Gasteiger partial charge is 0.391 e. The number of nitriles is 1. The highest BCUT2D eigenvalue weighted by Gasteiger charge is 2.10.